The Kier molecular flexibility index (Phi) is 8.01. The van der Waals surface area contributed by atoms with E-state index in [1.54, 1.807) is 85.8 Å². The molecule has 37 heavy (non-hydrogen) atoms. The van der Waals surface area contributed by atoms with E-state index < -0.39 is 5.56 Å². The van der Waals surface area contributed by atoms with E-state index in [0.29, 0.717) is 40.0 Å². The third-order valence-corrected chi connectivity index (χ3v) is 6.32. The summed E-state index contributed by atoms with van der Waals surface area (Å²) in [5.41, 5.74) is 1.05. The minimum atomic E-state index is -0.494. The molecule has 8 nitrogen and oxygen atoms in total. The average Bonchev–Trinajstić information content (AvgIpc) is 2.92. The third-order valence-electron chi connectivity index (χ3n) is 5.58. The summed E-state index contributed by atoms with van der Waals surface area (Å²) < 4.78 is 12.4. The molecule has 0 saturated heterocycles. The van der Waals surface area contributed by atoms with Crippen LogP contribution in [-0.4, -0.2) is 41.3 Å². The van der Waals surface area contributed by atoms with E-state index in [0.717, 1.165) is 0 Å². The van der Waals surface area contributed by atoms with Crippen molar-refractivity contribution >= 4 is 40.5 Å². The lowest BCUT2D eigenvalue weighted by atomic mass is 10.1. The van der Waals surface area contributed by atoms with Crippen LogP contribution in [0.15, 0.2) is 77.7 Å². The lowest BCUT2D eigenvalue weighted by molar-refractivity contribution is 0.0802. The number of carbonyl (C=O) groups is 1. The van der Waals surface area contributed by atoms with Gasteiger partial charge in [0.25, 0.3) is 11.5 Å². The van der Waals surface area contributed by atoms with Crippen molar-refractivity contribution in [1.82, 2.24) is 14.7 Å². The van der Waals surface area contributed by atoms with Crippen LogP contribution in [0, 0.1) is 0 Å². The molecule has 190 valence electrons. The van der Waals surface area contributed by atoms with Gasteiger partial charge in [0.1, 0.15) is 11.5 Å². The zero-order chi connectivity index (χ0) is 26.5. The van der Waals surface area contributed by atoms with Gasteiger partial charge in [-0.2, -0.15) is 9.78 Å². The largest absolute Gasteiger partial charge is 0.497 e. The topological polar surface area (TPSA) is 85.7 Å². The van der Waals surface area contributed by atoms with Gasteiger partial charge in [-0.3, -0.25) is 9.59 Å². The zero-order valence-electron chi connectivity index (χ0n) is 20.4. The Morgan fingerprint density at radius 1 is 1.03 bits per heavy atom. The first-order valence-corrected chi connectivity index (χ1v) is 12.1. The lowest BCUT2D eigenvalue weighted by Crippen LogP contribution is -2.26. The molecule has 0 atom stereocenters. The van der Waals surface area contributed by atoms with Gasteiger partial charge in [-0.05, 0) is 67.6 Å². The Morgan fingerprint density at radius 3 is 2.43 bits per heavy atom. The number of hydrogen-bond donors (Lipinski definition) is 1. The number of nitrogens with zero attached hydrogens (tertiary/aromatic N) is 3. The number of halogens is 2. The predicted octanol–water partition coefficient (Wildman–Crippen LogP) is 6.18. The van der Waals surface area contributed by atoms with Crippen LogP contribution in [0.4, 0.5) is 11.4 Å². The molecule has 1 aromatic heterocycles. The smallest absolute Gasteiger partial charge is 0.299 e. The monoisotopic (exact) mass is 538 g/mol. The van der Waals surface area contributed by atoms with Crippen LogP contribution in [-0.2, 0) is 0 Å². The minimum absolute atomic E-state index is 0.116. The molecule has 1 N–H and O–H groups in total. The minimum Gasteiger partial charge on any atom is -0.497 e. The predicted molar refractivity (Wildman–Crippen MR) is 145 cm³/mol. The molecule has 0 aliphatic carbocycles. The summed E-state index contributed by atoms with van der Waals surface area (Å²) in [6.45, 7) is 2.46. The van der Waals surface area contributed by atoms with Crippen molar-refractivity contribution in [2.75, 3.05) is 26.0 Å². The molecule has 1 heterocycles. The van der Waals surface area contributed by atoms with E-state index in [4.69, 9.17) is 32.7 Å². The average molecular weight is 539 g/mol. The first-order chi connectivity index (χ1) is 17.8. The fourth-order valence-corrected chi connectivity index (χ4v) is 3.73. The first kappa shape index (κ1) is 26.1. The van der Waals surface area contributed by atoms with Crippen molar-refractivity contribution in [1.29, 1.82) is 0 Å². The van der Waals surface area contributed by atoms with Crippen molar-refractivity contribution in [2.45, 2.75) is 6.92 Å². The number of benzene rings is 3. The van der Waals surface area contributed by atoms with Gasteiger partial charge in [0.2, 0.25) is 0 Å². The van der Waals surface area contributed by atoms with Crippen LogP contribution in [0.25, 0.3) is 5.69 Å². The van der Waals surface area contributed by atoms with Gasteiger partial charge in [-0.25, -0.2) is 0 Å². The molecular weight excluding hydrogens is 515 g/mol. The molecule has 3 aromatic carbocycles. The number of ether oxygens (including phenoxy) is 2. The van der Waals surface area contributed by atoms with Crippen molar-refractivity contribution in [3.8, 4) is 22.9 Å². The summed E-state index contributed by atoms with van der Waals surface area (Å²) in [6.07, 6.45) is 1.43. The normalized spacial score (nSPS) is 10.6. The van der Waals surface area contributed by atoms with Crippen molar-refractivity contribution in [2.24, 2.45) is 0 Å². The summed E-state index contributed by atoms with van der Waals surface area (Å²) in [5.74, 6) is 1.20. The highest BCUT2D eigenvalue weighted by Gasteiger charge is 2.17. The molecule has 0 unspecified atom stereocenters. The Labute approximate surface area is 224 Å². The fraction of sp³-hybridized carbons (Fsp3) is 0.148. The molecule has 0 aliphatic rings. The van der Waals surface area contributed by atoms with Gasteiger partial charge in [0, 0.05) is 24.8 Å². The van der Waals surface area contributed by atoms with Crippen LogP contribution >= 0.6 is 23.2 Å². The van der Waals surface area contributed by atoms with E-state index in [1.807, 2.05) is 6.92 Å². The Balaban J connectivity index is 1.78. The van der Waals surface area contributed by atoms with E-state index in [1.165, 1.54) is 10.9 Å². The molecule has 1 amide bonds. The number of anilines is 2. The summed E-state index contributed by atoms with van der Waals surface area (Å²) in [7, 11) is 3.30. The van der Waals surface area contributed by atoms with Gasteiger partial charge < -0.3 is 19.7 Å². The van der Waals surface area contributed by atoms with Gasteiger partial charge >= 0.3 is 0 Å². The van der Waals surface area contributed by atoms with Crippen LogP contribution in [0.1, 0.15) is 17.3 Å². The maximum atomic E-state index is 13.6. The van der Waals surface area contributed by atoms with E-state index in [-0.39, 0.29) is 22.4 Å². The van der Waals surface area contributed by atoms with Crippen LogP contribution in [0.5, 0.6) is 17.2 Å². The second-order valence-corrected chi connectivity index (χ2v) is 8.82. The number of amides is 1. The number of hydrogen-bond acceptors (Lipinski definition) is 6. The second-order valence-electron chi connectivity index (χ2n) is 8.00. The molecule has 0 bridgehead atoms. The fourth-order valence-electron chi connectivity index (χ4n) is 3.44. The zero-order valence-corrected chi connectivity index (χ0v) is 21.9. The molecule has 4 aromatic rings. The third kappa shape index (κ3) is 5.87. The van der Waals surface area contributed by atoms with Gasteiger partial charge in [0.05, 0.1) is 29.0 Å². The maximum absolute atomic E-state index is 13.6. The van der Waals surface area contributed by atoms with Crippen molar-refractivity contribution in [3.63, 3.8) is 0 Å². The van der Waals surface area contributed by atoms with Gasteiger partial charge in [-0.1, -0.05) is 29.3 Å². The number of aromatic nitrogens is 2. The van der Waals surface area contributed by atoms with E-state index in [2.05, 4.69) is 10.4 Å². The van der Waals surface area contributed by atoms with E-state index in [9.17, 15) is 9.59 Å². The molecule has 0 radical (unpaired) electrons. The van der Waals surface area contributed by atoms with Crippen LogP contribution < -0.4 is 20.3 Å². The van der Waals surface area contributed by atoms with Crippen LogP contribution in [0.2, 0.25) is 10.0 Å². The molecule has 10 heteroatoms. The first-order valence-electron chi connectivity index (χ1n) is 11.3. The summed E-state index contributed by atoms with van der Waals surface area (Å²) in [4.78, 5) is 27.9. The van der Waals surface area contributed by atoms with Crippen LogP contribution in [0.3, 0.4) is 0 Å². The Hall–Kier alpha value is -4.01. The standard InChI is InChI=1S/C27H24Cl2N4O4/c1-4-32(2)26(34)17-6-5-7-18(14-17)31-25-24(37-21-11-9-20(36-3)10-12-21)16-30-33(27(25)35)19-8-13-22(28)23(29)15-19/h5-16,31H,4H2,1-3H3. The number of carbonyl (C=O) groups excluding carboxylic acids is 1. The summed E-state index contributed by atoms with van der Waals surface area (Å²) in [6, 6.07) is 18.6. The van der Waals surface area contributed by atoms with Crippen molar-refractivity contribution < 1.29 is 14.3 Å². The van der Waals surface area contributed by atoms with E-state index >= 15 is 0 Å². The number of nitrogens with one attached hydrogen (secondary N) is 1. The Bertz CT molecular complexity index is 1490. The van der Waals surface area contributed by atoms with Crippen molar-refractivity contribution in [3.05, 3.63) is 98.9 Å². The summed E-state index contributed by atoms with van der Waals surface area (Å²) >= 11 is 12.2. The SMILES string of the molecule is CCN(C)C(=O)c1cccc(Nc2c(Oc3ccc(OC)cc3)cnn(-c3ccc(Cl)c(Cl)c3)c2=O)c1. The van der Waals surface area contributed by atoms with Gasteiger partial charge in [-0.15, -0.1) is 0 Å². The summed E-state index contributed by atoms with van der Waals surface area (Å²) in [5, 5.41) is 8.04. The molecule has 0 fully saturated rings. The highest BCUT2D eigenvalue weighted by Crippen LogP contribution is 2.31. The number of methoxy groups -OCH3 is 1. The maximum Gasteiger partial charge on any atom is 0.299 e. The Morgan fingerprint density at radius 2 is 1.76 bits per heavy atom. The molecule has 4 rings (SSSR count). The highest BCUT2D eigenvalue weighted by molar-refractivity contribution is 6.42. The lowest BCUT2D eigenvalue weighted by Gasteiger charge is -2.17. The molecule has 0 aliphatic heterocycles. The van der Waals surface area contributed by atoms with Gasteiger partial charge in [0.15, 0.2) is 11.4 Å². The molecule has 0 saturated carbocycles. The highest BCUT2D eigenvalue weighted by atomic mass is 35.5. The quantitative estimate of drug-likeness (QED) is 0.288. The second kappa shape index (κ2) is 11.4. The molecular formula is C27H24Cl2N4O4. The molecule has 0 spiro atoms. The number of rotatable bonds is 8.